The van der Waals surface area contributed by atoms with Gasteiger partial charge >= 0.3 is 11.8 Å². The van der Waals surface area contributed by atoms with Crippen molar-refractivity contribution in [3.8, 4) is 0 Å². The van der Waals surface area contributed by atoms with Crippen LogP contribution in [-0.2, 0) is 19.6 Å². The Hall–Kier alpha value is -1.93. The Morgan fingerprint density at radius 1 is 1.07 bits per heavy atom. The van der Waals surface area contributed by atoms with Crippen molar-refractivity contribution in [1.82, 2.24) is 9.62 Å². The molecule has 2 fully saturated rings. The number of benzene rings is 1. The van der Waals surface area contributed by atoms with Crippen LogP contribution >= 0.6 is 0 Å². The van der Waals surface area contributed by atoms with Gasteiger partial charge < -0.3 is 10.6 Å². The van der Waals surface area contributed by atoms with Crippen LogP contribution in [0, 0.1) is 19.8 Å². The summed E-state index contributed by atoms with van der Waals surface area (Å²) in [6.07, 6.45) is 2.94. The fraction of sp³-hybridized carbons (Fsp3) is 0.579. The number of nitrogens with zero attached hydrogens (tertiary/aromatic N) is 1. The minimum Gasteiger partial charge on any atom is -0.348 e. The van der Waals surface area contributed by atoms with Gasteiger partial charge in [-0.05, 0) is 62.6 Å². The maximum atomic E-state index is 12.2. The van der Waals surface area contributed by atoms with E-state index < -0.39 is 21.8 Å². The highest BCUT2D eigenvalue weighted by molar-refractivity contribution is 7.90. The average molecular weight is 394 g/mol. The van der Waals surface area contributed by atoms with Gasteiger partial charge in [0.1, 0.15) is 0 Å². The van der Waals surface area contributed by atoms with E-state index in [2.05, 4.69) is 10.6 Å². The van der Waals surface area contributed by atoms with Crippen molar-refractivity contribution in [1.29, 1.82) is 0 Å². The molecule has 2 N–H and O–H groups in total. The first kappa shape index (κ1) is 19.8. The van der Waals surface area contributed by atoms with E-state index in [1.807, 2.05) is 26.0 Å². The van der Waals surface area contributed by atoms with Gasteiger partial charge in [-0.1, -0.05) is 12.1 Å². The fourth-order valence-electron chi connectivity index (χ4n) is 3.33. The van der Waals surface area contributed by atoms with Crippen LogP contribution in [0.15, 0.2) is 18.2 Å². The maximum Gasteiger partial charge on any atom is 0.313 e. The molecule has 0 radical (unpaired) electrons. The molecule has 1 aliphatic carbocycles. The van der Waals surface area contributed by atoms with Crippen LogP contribution in [0.3, 0.4) is 0 Å². The lowest BCUT2D eigenvalue weighted by Crippen LogP contribution is -2.44. The highest BCUT2D eigenvalue weighted by Crippen LogP contribution is 2.33. The van der Waals surface area contributed by atoms with Gasteiger partial charge in [0.15, 0.2) is 0 Å². The third-order valence-corrected chi connectivity index (χ3v) is 7.89. The lowest BCUT2D eigenvalue weighted by atomic mass is 9.98. The Labute approximate surface area is 160 Å². The summed E-state index contributed by atoms with van der Waals surface area (Å²) in [5.41, 5.74) is 2.61. The highest BCUT2D eigenvalue weighted by Gasteiger charge is 2.41. The van der Waals surface area contributed by atoms with E-state index in [4.69, 9.17) is 0 Å². The molecule has 0 bridgehead atoms. The van der Waals surface area contributed by atoms with E-state index in [1.165, 1.54) is 0 Å². The summed E-state index contributed by atoms with van der Waals surface area (Å²) < 4.78 is 26.1. The van der Waals surface area contributed by atoms with Gasteiger partial charge in [-0.2, -0.15) is 0 Å². The molecule has 1 aliphatic heterocycles. The summed E-state index contributed by atoms with van der Waals surface area (Å²) in [5, 5.41) is 5.14. The van der Waals surface area contributed by atoms with Crippen LogP contribution in [-0.4, -0.2) is 49.4 Å². The second-order valence-electron chi connectivity index (χ2n) is 7.50. The zero-order chi connectivity index (χ0) is 19.6. The van der Waals surface area contributed by atoms with Gasteiger partial charge in [-0.25, -0.2) is 12.7 Å². The van der Waals surface area contributed by atoms with Crippen LogP contribution in [0.25, 0.3) is 0 Å². The van der Waals surface area contributed by atoms with E-state index in [0.29, 0.717) is 38.2 Å². The molecule has 3 rings (SSSR count). The summed E-state index contributed by atoms with van der Waals surface area (Å²) in [6, 6.07) is 5.55. The lowest BCUT2D eigenvalue weighted by molar-refractivity contribution is -0.136. The number of carbonyl (C=O) groups excluding carboxylic acids is 2. The Morgan fingerprint density at radius 2 is 1.74 bits per heavy atom. The fourth-order valence-corrected chi connectivity index (χ4v) is 5.20. The topological polar surface area (TPSA) is 95.6 Å². The molecule has 1 heterocycles. The smallest absolute Gasteiger partial charge is 0.313 e. The molecular weight excluding hydrogens is 366 g/mol. The number of hydrogen-bond donors (Lipinski definition) is 2. The predicted octanol–water partition coefficient (Wildman–Crippen LogP) is 1.56. The van der Waals surface area contributed by atoms with Gasteiger partial charge in [-0.3, -0.25) is 9.59 Å². The zero-order valence-electron chi connectivity index (χ0n) is 15.8. The molecule has 1 saturated carbocycles. The lowest BCUT2D eigenvalue weighted by Gasteiger charge is -2.31. The molecule has 1 aromatic rings. The molecule has 148 valence electrons. The monoisotopic (exact) mass is 393 g/mol. The van der Waals surface area contributed by atoms with Gasteiger partial charge in [0.2, 0.25) is 10.0 Å². The molecule has 0 unspecified atom stereocenters. The number of anilines is 1. The summed E-state index contributed by atoms with van der Waals surface area (Å²) in [4.78, 5) is 24.2. The Bertz CT molecular complexity index is 825. The summed E-state index contributed by atoms with van der Waals surface area (Å²) in [5.74, 6) is -1.16. The number of hydrogen-bond acceptors (Lipinski definition) is 4. The number of carbonyl (C=O) groups is 2. The quantitative estimate of drug-likeness (QED) is 0.742. The maximum absolute atomic E-state index is 12.2. The number of piperidine rings is 1. The Balaban J connectivity index is 1.44. The summed E-state index contributed by atoms with van der Waals surface area (Å²) in [7, 11) is -3.12. The first-order chi connectivity index (χ1) is 12.8. The van der Waals surface area contributed by atoms with Crippen LogP contribution in [0.4, 0.5) is 5.69 Å². The first-order valence-electron chi connectivity index (χ1n) is 9.43. The normalized spacial score (nSPS) is 18.9. The van der Waals surface area contributed by atoms with Crippen molar-refractivity contribution in [2.45, 2.75) is 44.8 Å². The molecule has 0 atom stereocenters. The largest absolute Gasteiger partial charge is 0.348 e. The van der Waals surface area contributed by atoms with Crippen molar-refractivity contribution in [2.75, 3.05) is 25.0 Å². The van der Waals surface area contributed by atoms with Gasteiger partial charge in [0.05, 0.1) is 5.25 Å². The molecule has 1 saturated heterocycles. The Morgan fingerprint density at radius 3 is 2.37 bits per heavy atom. The van der Waals surface area contributed by atoms with Crippen molar-refractivity contribution in [3.05, 3.63) is 29.3 Å². The van der Waals surface area contributed by atoms with E-state index in [0.717, 1.165) is 24.0 Å². The second-order valence-corrected chi connectivity index (χ2v) is 9.71. The van der Waals surface area contributed by atoms with Crippen molar-refractivity contribution in [3.63, 3.8) is 0 Å². The van der Waals surface area contributed by atoms with Crippen LogP contribution in [0.1, 0.15) is 36.8 Å². The predicted molar refractivity (Wildman–Crippen MR) is 104 cm³/mol. The number of sulfonamides is 1. The van der Waals surface area contributed by atoms with E-state index in [9.17, 15) is 18.0 Å². The van der Waals surface area contributed by atoms with Crippen molar-refractivity contribution < 1.29 is 18.0 Å². The SMILES string of the molecule is Cc1cccc(NC(=O)C(=O)NCC2CCN(S(=O)(=O)C3CC3)CC2)c1C. The average Bonchev–Trinajstić information content (AvgIpc) is 3.49. The highest BCUT2D eigenvalue weighted by atomic mass is 32.2. The number of rotatable bonds is 5. The third-order valence-electron chi connectivity index (χ3n) is 5.49. The first-order valence-corrected chi connectivity index (χ1v) is 10.9. The third kappa shape index (κ3) is 4.68. The Kier molecular flexibility index (Phi) is 5.86. The second kappa shape index (κ2) is 7.98. The minimum atomic E-state index is -3.12. The minimum absolute atomic E-state index is 0.178. The van der Waals surface area contributed by atoms with E-state index in [-0.39, 0.29) is 11.2 Å². The summed E-state index contributed by atoms with van der Waals surface area (Å²) in [6.45, 7) is 5.21. The van der Waals surface area contributed by atoms with Crippen LogP contribution in [0.2, 0.25) is 0 Å². The summed E-state index contributed by atoms with van der Waals surface area (Å²) >= 11 is 0. The van der Waals surface area contributed by atoms with E-state index in [1.54, 1.807) is 10.4 Å². The number of nitrogens with one attached hydrogen (secondary N) is 2. The molecule has 0 spiro atoms. The molecule has 1 aromatic carbocycles. The zero-order valence-corrected chi connectivity index (χ0v) is 16.6. The van der Waals surface area contributed by atoms with Gasteiger partial charge in [0, 0.05) is 25.3 Å². The standard InChI is InChI=1S/C19H27N3O4S/c1-13-4-3-5-17(14(13)2)21-19(24)18(23)20-12-15-8-10-22(11-9-15)27(25,26)16-6-7-16/h3-5,15-16H,6-12H2,1-2H3,(H,20,23)(H,21,24). The number of aryl methyl sites for hydroxylation is 1. The van der Waals surface area contributed by atoms with Crippen molar-refractivity contribution in [2.24, 2.45) is 5.92 Å². The molecule has 7 nitrogen and oxygen atoms in total. The molecular formula is C19H27N3O4S. The molecule has 0 aromatic heterocycles. The molecule has 2 aliphatic rings. The number of amides is 2. The molecule has 2 amide bonds. The molecule has 8 heteroatoms. The van der Waals surface area contributed by atoms with Crippen LogP contribution < -0.4 is 10.6 Å². The van der Waals surface area contributed by atoms with Crippen LogP contribution in [0.5, 0.6) is 0 Å². The molecule has 27 heavy (non-hydrogen) atoms. The van der Waals surface area contributed by atoms with E-state index >= 15 is 0 Å². The van der Waals surface area contributed by atoms with Crippen molar-refractivity contribution >= 4 is 27.5 Å². The van der Waals surface area contributed by atoms with Gasteiger partial charge in [0.25, 0.3) is 0 Å². The van der Waals surface area contributed by atoms with Gasteiger partial charge in [-0.15, -0.1) is 0 Å².